The molecule has 0 N–H and O–H groups in total. The zero-order valence-corrected chi connectivity index (χ0v) is 19.8. The summed E-state index contributed by atoms with van der Waals surface area (Å²) in [4.78, 5) is 0. The van der Waals surface area contributed by atoms with Gasteiger partial charge in [0.1, 0.15) is 59.4 Å². The summed E-state index contributed by atoms with van der Waals surface area (Å²) >= 11 is 0. The van der Waals surface area contributed by atoms with Crippen LogP contribution in [0, 0.1) is 68.0 Å². The molecule has 9 heteroatoms. The molecule has 4 aromatic rings. The number of hydrogen-bond acceptors (Lipinski definition) is 9. The third-order valence-corrected chi connectivity index (χ3v) is 5.30. The Bertz CT molecular complexity index is 1870. The third kappa shape index (κ3) is 5.56. The predicted octanol–water partition coefficient (Wildman–Crippen LogP) is 6.29. The highest BCUT2D eigenvalue weighted by Gasteiger charge is 2.14. The largest absolute Gasteiger partial charge is 0.457 e. The van der Waals surface area contributed by atoms with Crippen LogP contribution >= 0.6 is 0 Å². The van der Waals surface area contributed by atoms with E-state index in [1.807, 2.05) is 36.4 Å². The van der Waals surface area contributed by atoms with E-state index < -0.39 is 0 Å². The molecule has 9 nitrogen and oxygen atoms in total. The highest BCUT2D eigenvalue weighted by Crippen LogP contribution is 2.39. The minimum absolute atomic E-state index is 0.122. The molecule has 0 aliphatic rings. The predicted molar refractivity (Wildman–Crippen MR) is 134 cm³/mol. The molecule has 0 aliphatic heterocycles. The van der Waals surface area contributed by atoms with Gasteiger partial charge in [-0.05, 0) is 66.7 Å². The number of hydrogen-bond donors (Lipinski definition) is 0. The lowest BCUT2D eigenvalue weighted by Crippen LogP contribution is -1.95. The van der Waals surface area contributed by atoms with Gasteiger partial charge in [-0.3, -0.25) is 0 Å². The maximum atomic E-state index is 9.38. The number of rotatable bonds is 6. The lowest BCUT2D eigenvalue weighted by Gasteiger charge is -2.15. The third-order valence-electron chi connectivity index (χ3n) is 5.30. The first-order chi connectivity index (χ1) is 19.0. The van der Waals surface area contributed by atoms with E-state index in [9.17, 15) is 26.3 Å². The lowest BCUT2D eigenvalue weighted by molar-refractivity contribution is 0.412. The van der Waals surface area contributed by atoms with Gasteiger partial charge in [0.05, 0.1) is 33.4 Å². The Morgan fingerprint density at radius 2 is 0.667 bits per heavy atom. The van der Waals surface area contributed by atoms with Gasteiger partial charge in [-0.25, -0.2) is 0 Å². The maximum absolute atomic E-state index is 9.38. The van der Waals surface area contributed by atoms with Crippen molar-refractivity contribution < 1.29 is 14.2 Å². The van der Waals surface area contributed by atoms with E-state index in [1.54, 1.807) is 18.2 Å². The zero-order chi connectivity index (χ0) is 27.8. The first kappa shape index (κ1) is 25.3. The van der Waals surface area contributed by atoms with Crippen LogP contribution in [0.4, 0.5) is 0 Å². The lowest BCUT2D eigenvalue weighted by atomic mass is 10.1. The first-order valence-corrected chi connectivity index (χ1v) is 11.0. The summed E-state index contributed by atoms with van der Waals surface area (Å²) in [6, 6.07) is 29.6. The molecule has 0 unspecified atom stereocenters. The summed E-state index contributed by atoms with van der Waals surface area (Å²) < 4.78 is 17.8. The van der Waals surface area contributed by atoms with Crippen molar-refractivity contribution in [2.75, 3.05) is 0 Å². The van der Waals surface area contributed by atoms with E-state index >= 15 is 0 Å². The molecule has 0 saturated carbocycles. The van der Waals surface area contributed by atoms with Gasteiger partial charge in [0, 0.05) is 6.07 Å². The van der Waals surface area contributed by atoms with Crippen LogP contribution in [-0.2, 0) is 0 Å². The number of nitrogens with zero attached hydrogens (tertiary/aromatic N) is 6. The molecule has 180 valence electrons. The molecule has 0 fully saturated rings. The van der Waals surface area contributed by atoms with E-state index in [-0.39, 0.29) is 56.4 Å². The van der Waals surface area contributed by atoms with Crippen LogP contribution < -0.4 is 14.2 Å². The Hall–Kier alpha value is -6.78. The van der Waals surface area contributed by atoms with E-state index in [4.69, 9.17) is 19.5 Å². The second-order valence-corrected chi connectivity index (χ2v) is 7.71. The number of ether oxygens (including phenoxy) is 3. The standard InChI is InChI=1S/C30H12N6O3/c31-13-19-1-4-25(9-22(19)16-34)37-28-7-8-29(38-26-5-2-20(14-32)23(10-26)17-35)30(12-28)39-27-6-3-21(15-33)24(11-27)18-36/h1-12H. The molecule has 0 aromatic heterocycles. The van der Waals surface area contributed by atoms with E-state index in [0.717, 1.165) is 0 Å². The van der Waals surface area contributed by atoms with Crippen molar-refractivity contribution >= 4 is 0 Å². The highest BCUT2D eigenvalue weighted by atomic mass is 16.5. The minimum atomic E-state index is 0.122. The van der Waals surface area contributed by atoms with Crippen LogP contribution in [-0.4, -0.2) is 0 Å². The van der Waals surface area contributed by atoms with Crippen molar-refractivity contribution in [1.82, 2.24) is 0 Å². The molecule has 4 rings (SSSR count). The van der Waals surface area contributed by atoms with Gasteiger partial charge in [-0.15, -0.1) is 0 Å². The van der Waals surface area contributed by atoms with Crippen LogP contribution in [0.2, 0.25) is 0 Å². The minimum Gasteiger partial charge on any atom is -0.457 e. The van der Waals surface area contributed by atoms with Crippen molar-refractivity contribution in [1.29, 1.82) is 31.6 Å². The molecule has 0 radical (unpaired) electrons. The fraction of sp³-hybridized carbons (Fsp3) is 0. The molecule has 0 amide bonds. The smallest absolute Gasteiger partial charge is 0.173 e. The molecule has 0 saturated heterocycles. The summed E-state index contributed by atoms with van der Waals surface area (Å²) in [7, 11) is 0. The van der Waals surface area contributed by atoms with Gasteiger partial charge in [0.15, 0.2) is 11.5 Å². The molecular weight excluding hydrogens is 492 g/mol. The molecule has 0 spiro atoms. The van der Waals surface area contributed by atoms with E-state index in [2.05, 4.69) is 0 Å². The van der Waals surface area contributed by atoms with Gasteiger partial charge >= 0.3 is 0 Å². The molecular formula is C30H12N6O3. The summed E-state index contributed by atoms with van der Waals surface area (Å²) in [6.07, 6.45) is 0. The van der Waals surface area contributed by atoms with Crippen LogP contribution in [0.5, 0.6) is 34.5 Å². The Balaban J connectivity index is 1.74. The average Bonchev–Trinajstić information content (AvgIpc) is 2.98. The average molecular weight is 504 g/mol. The van der Waals surface area contributed by atoms with E-state index in [0.29, 0.717) is 11.5 Å². The summed E-state index contributed by atoms with van der Waals surface area (Å²) in [5.74, 6) is 1.51. The second kappa shape index (κ2) is 11.3. The Kier molecular flexibility index (Phi) is 7.34. The molecule has 39 heavy (non-hydrogen) atoms. The fourth-order valence-corrected chi connectivity index (χ4v) is 3.44. The van der Waals surface area contributed by atoms with Gasteiger partial charge in [-0.1, -0.05) is 0 Å². The SMILES string of the molecule is N#Cc1ccc(Oc2ccc(Oc3ccc(C#N)c(C#N)c3)c(Oc3ccc(C#N)c(C#N)c3)c2)cc1C#N. The van der Waals surface area contributed by atoms with E-state index in [1.165, 1.54) is 54.6 Å². The van der Waals surface area contributed by atoms with Gasteiger partial charge < -0.3 is 14.2 Å². The van der Waals surface area contributed by atoms with Crippen molar-refractivity contribution in [3.05, 3.63) is 106 Å². The van der Waals surface area contributed by atoms with Crippen LogP contribution in [0.3, 0.4) is 0 Å². The summed E-state index contributed by atoms with van der Waals surface area (Å²) in [5, 5.41) is 55.6. The summed E-state index contributed by atoms with van der Waals surface area (Å²) in [6.45, 7) is 0. The topological polar surface area (TPSA) is 170 Å². The Morgan fingerprint density at radius 1 is 0.333 bits per heavy atom. The normalized spacial score (nSPS) is 9.38. The molecule has 0 bridgehead atoms. The van der Waals surface area contributed by atoms with Gasteiger partial charge in [0.2, 0.25) is 0 Å². The quantitative estimate of drug-likeness (QED) is 0.292. The molecule has 0 atom stereocenters. The van der Waals surface area contributed by atoms with Crippen LogP contribution in [0.15, 0.2) is 72.8 Å². The summed E-state index contributed by atoms with van der Waals surface area (Å²) in [5.41, 5.74) is 1.02. The number of nitriles is 6. The van der Waals surface area contributed by atoms with Gasteiger partial charge in [-0.2, -0.15) is 31.6 Å². The first-order valence-electron chi connectivity index (χ1n) is 11.0. The highest BCUT2D eigenvalue weighted by molar-refractivity contribution is 5.56. The van der Waals surface area contributed by atoms with Crippen LogP contribution in [0.1, 0.15) is 33.4 Å². The monoisotopic (exact) mass is 504 g/mol. The Labute approximate surface area is 222 Å². The van der Waals surface area contributed by atoms with Crippen molar-refractivity contribution in [3.8, 4) is 70.9 Å². The Morgan fingerprint density at radius 3 is 1.08 bits per heavy atom. The fourth-order valence-electron chi connectivity index (χ4n) is 3.44. The van der Waals surface area contributed by atoms with Crippen molar-refractivity contribution in [2.45, 2.75) is 0 Å². The van der Waals surface area contributed by atoms with Crippen molar-refractivity contribution in [2.24, 2.45) is 0 Å². The van der Waals surface area contributed by atoms with Gasteiger partial charge in [0.25, 0.3) is 0 Å². The molecule has 0 aliphatic carbocycles. The zero-order valence-electron chi connectivity index (χ0n) is 19.8. The molecule has 4 aromatic carbocycles. The number of benzene rings is 4. The van der Waals surface area contributed by atoms with Crippen LogP contribution in [0.25, 0.3) is 0 Å². The second-order valence-electron chi connectivity index (χ2n) is 7.71. The molecule has 0 heterocycles. The van der Waals surface area contributed by atoms with Crippen molar-refractivity contribution in [3.63, 3.8) is 0 Å². The maximum Gasteiger partial charge on any atom is 0.173 e.